The van der Waals surface area contributed by atoms with Crippen molar-refractivity contribution in [3.63, 3.8) is 0 Å². The number of carbonyl (C=O) groups excluding carboxylic acids is 1. The van der Waals surface area contributed by atoms with Crippen molar-refractivity contribution >= 4 is 40.3 Å². The van der Waals surface area contributed by atoms with E-state index in [9.17, 15) is 14.4 Å². The van der Waals surface area contributed by atoms with Crippen molar-refractivity contribution in [3.05, 3.63) is 55.4 Å². The third kappa shape index (κ3) is 5.13. The minimum atomic E-state index is -0.477. The first-order valence-electron chi connectivity index (χ1n) is 11.0. The van der Waals surface area contributed by atoms with Crippen molar-refractivity contribution in [1.82, 2.24) is 28.9 Å². The molecule has 1 aromatic carbocycles. The molecule has 4 rings (SSSR count). The van der Waals surface area contributed by atoms with E-state index >= 15 is 0 Å². The van der Waals surface area contributed by atoms with Gasteiger partial charge in [-0.2, -0.15) is 0 Å². The summed E-state index contributed by atoms with van der Waals surface area (Å²) in [7, 11) is 2.95. The Morgan fingerprint density at radius 1 is 1.15 bits per heavy atom. The van der Waals surface area contributed by atoms with Crippen LogP contribution in [0.2, 0.25) is 10.0 Å². The zero-order valence-electron chi connectivity index (χ0n) is 19.0. The van der Waals surface area contributed by atoms with Gasteiger partial charge in [-0.15, -0.1) is 0 Å². The molecule has 1 fully saturated rings. The SMILES string of the molecule is Cn1c(=O)c2c(ncn2CC(=O)NCCN2CCC(Oc3ccc(Cl)c(Cl)c3)CC2)n(C)c1=O. The van der Waals surface area contributed by atoms with Crippen LogP contribution in [0, 0.1) is 0 Å². The average Bonchev–Trinajstić information content (AvgIpc) is 3.23. The molecule has 0 saturated carbocycles. The number of carbonyl (C=O) groups is 1. The van der Waals surface area contributed by atoms with Gasteiger partial charge >= 0.3 is 5.69 Å². The number of aromatic nitrogens is 4. The Morgan fingerprint density at radius 2 is 1.88 bits per heavy atom. The Labute approximate surface area is 205 Å². The van der Waals surface area contributed by atoms with Gasteiger partial charge in [-0.1, -0.05) is 23.2 Å². The number of benzene rings is 1. The Balaban J connectivity index is 1.24. The lowest BCUT2D eigenvalue weighted by atomic mass is 10.1. The zero-order chi connectivity index (χ0) is 24.4. The minimum Gasteiger partial charge on any atom is -0.490 e. The van der Waals surface area contributed by atoms with Crippen LogP contribution >= 0.6 is 23.2 Å². The molecule has 1 aliphatic rings. The number of nitrogens with one attached hydrogen (secondary N) is 1. The summed E-state index contributed by atoms with van der Waals surface area (Å²) in [6.45, 7) is 2.87. The van der Waals surface area contributed by atoms with E-state index in [0.717, 1.165) is 30.5 Å². The summed E-state index contributed by atoms with van der Waals surface area (Å²) in [6.07, 6.45) is 3.26. The molecule has 0 atom stereocenters. The highest BCUT2D eigenvalue weighted by Crippen LogP contribution is 2.28. The molecule has 34 heavy (non-hydrogen) atoms. The normalized spacial score (nSPS) is 15.1. The van der Waals surface area contributed by atoms with Crippen LogP contribution in [-0.2, 0) is 25.4 Å². The Hall–Kier alpha value is -2.82. The standard InChI is InChI=1S/C22H26Cl2N6O4/c1-27-20-19(21(32)28(2)22(27)33)30(13-26-20)12-18(31)25-7-10-29-8-5-14(6-9-29)34-15-3-4-16(23)17(24)11-15/h3-4,11,13-14H,5-10,12H2,1-2H3,(H,25,31). The number of piperidine rings is 1. The highest BCUT2D eigenvalue weighted by molar-refractivity contribution is 6.42. The van der Waals surface area contributed by atoms with Crippen molar-refractivity contribution in [2.75, 3.05) is 26.2 Å². The second kappa shape index (κ2) is 10.2. The lowest BCUT2D eigenvalue weighted by molar-refractivity contribution is -0.121. The number of ether oxygens (including phenoxy) is 1. The molecule has 0 unspecified atom stereocenters. The van der Waals surface area contributed by atoms with E-state index in [1.807, 2.05) is 6.07 Å². The lowest BCUT2D eigenvalue weighted by Gasteiger charge is -2.32. The van der Waals surface area contributed by atoms with Gasteiger partial charge in [0.05, 0.1) is 16.4 Å². The number of imidazole rings is 1. The van der Waals surface area contributed by atoms with Gasteiger partial charge < -0.3 is 19.5 Å². The molecular formula is C22H26Cl2N6O4. The fraction of sp³-hybridized carbons (Fsp3) is 0.455. The van der Waals surface area contributed by atoms with Crippen molar-refractivity contribution < 1.29 is 9.53 Å². The Bertz CT molecular complexity index is 1320. The van der Waals surface area contributed by atoms with Gasteiger partial charge in [0.15, 0.2) is 11.2 Å². The molecule has 3 heterocycles. The number of likely N-dealkylation sites (tertiary alicyclic amines) is 1. The van der Waals surface area contributed by atoms with Crippen LogP contribution in [0.4, 0.5) is 0 Å². The molecule has 10 nitrogen and oxygen atoms in total. The minimum absolute atomic E-state index is 0.0521. The van der Waals surface area contributed by atoms with Gasteiger partial charge in [0.2, 0.25) is 5.91 Å². The van der Waals surface area contributed by atoms with E-state index in [0.29, 0.717) is 28.9 Å². The molecule has 0 spiro atoms. The summed E-state index contributed by atoms with van der Waals surface area (Å²) >= 11 is 12.0. The van der Waals surface area contributed by atoms with Crippen LogP contribution in [0.25, 0.3) is 11.2 Å². The summed E-state index contributed by atoms with van der Waals surface area (Å²) in [4.78, 5) is 43.4. The van der Waals surface area contributed by atoms with Crippen LogP contribution in [-0.4, -0.2) is 61.8 Å². The van der Waals surface area contributed by atoms with Crippen molar-refractivity contribution in [2.24, 2.45) is 14.1 Å². The highest BCUT2D eigenvalue weighted by Gasteiger charge is 2.21. The topological polar surface area (TPSA) is 103 Å². The first kappa shape index (κ1) is 24.3. The zero-order valence-corrected chi connectivity index (χ0v) is 20.5. The molecule has 1 N–H and O–H groups in total. The monoisotopic (exact) mass is 508 g/mol. The predicted octanol–water partition coefficient (Wildman–Crippen LogP) is 1.40. The van der Waals surface area contributed by atoms with Gasteiger partial charge in [-0.3, -0.25) is 18.7 Å². The van der Waals surface area contributed by atoms with Gasteiger partial charge in [-0.25, -0.2) is 9.78 Å². The van der Waals surface area contributed by atoms with Gasteiger partial charge in [0.25, 0.3) is 5.56 Å². The largest absolute Gasteiger partial charge is 0.490 e. The number of hydrogen-bond donors (Lipinski definition) is 1. The first-order valence-corrected chi connectivity index (χ1v) is 11.7. The van der Waals surface area contributed by atoms with Gasteiger partial charge in [0, 0.05) is 46.3 Å². The quantitative estimate of drug-likeness (QED) is 0.517. The molecule has 2 aromatic heterocycles. The number of rotatable bonds is 7. The van der Waals surface area contributed by atoms with Crippen molar-refractivity contribution in [1.29, 1.82) is 0 Å². The fourth-order valence-corrected chi connectivity index (χ4v) is 4.36. The molecule has 182 valence electrons. The molecule has 1 amide bonds. The maximum absolute atomic E-state index is 12.5. The second-order valence-corrected chi connectivity index (χ2v) is 9.15. The van der Waals surface area contributed by atoms with Crippen LogP contribution in [0.15, 0.2) is 34.1 Å². The first-order chi connectivity index (χ1) is 16.2. The van der Waals surface area contributed by atoms with Crippen molar-refractivity contribution in [2.45, 2.75) is 25.5 Å². The van der Waals surface area contributed by atoms with Gasteiger partial charge in [-0.05, 0) is 25.0 Å². The molecule has 12 heteroatoms. The van der Waals surface area contributed by atoms with Crippen LogP contribution in [0.1, 0.15) is 12.8 Å². The van der Waals surface area contributed by atoms with Crippen LogP contribution < -0.4 is 21.3 Å². The third-order valence-electron chi connectivity index (χ3n) is 6.01. The predicted molar refractivity (Wildman–Crippen MR) is 130 cm³/mol. The highest BCUT2D eigenvalue weighted by atomic mass is 35.5. The number of amides is 1. The molecular weight excluding hydrogens is 483 g/mol. The number of halogens is 2. The summed E-state index contributed by atoms with van der Waals surface area (Å²) in [5.41, 5.74) is -0.455. The second-order valence-electron chi connectivity index (χ2n) is 8.34. The van der Waals surface area contributed by atoms with Crippen molar-refractivity contribution in [3.8, 4) is 5.75 Å². The number of nitrogens with zero attached hydrogens (tertiary/aromatic N) is 5. The molecule has 0 radical (unpaired) electrons. The number of fused-ring (bicyclic) bond motifs is 1. The van der Waals surface area contributed by atoms with Crippen LogP contribution in [0.5, 0.6) is 5.75 Å². The number of aryl methyl sites for hydroxylation is 1. The van der Waals surface area contributed by atoms with E-state index in [-0.39, 0.29) is 29.7 Å². The van der Waals surface area contributed by atoms with E-state index in [4.69, 9.17) is 27.9 Å². The molecule has 1 aliphatic heterocycles. The summed E-state index contributed by atoms with van der Waals surface area (Å²) < 4.78 is 9.78. The maximum Gasteiger partial charge on any atom is 0.332 e. The molecule has 0 aliphatic carbocycles. The summed E-state index contributed by atoms with van der Waals surface area (Å²) in [5.74, 6) is 0.482. The fourth-order valence-electron chi connectivity index (χ4n) is 4.07. The Morgan fingerprint density at radius 3 is 2.59 bits per heavy atom. The maximum atomic E-state index is 12.5. The lowest BCUT2D eigenvalue weighted by Crippen LogP contribution is -2.42. The third-order valence-corrected chi connectivity index (χ3v) is 6.75. The summed E-state index contributed by atoms with van der Waals surface area (Å²) in [5, 5.41) is 3.86. The summed E-state index contributed by atoms with van der Waals surface area (Å²) in [6, 6.07) is 5.27. The number of hydrogen-bond acceptors (Lipinski definition) is 6. The van der Waals surface area contributed by atoms with E-state index in [2.05, 4.69) is 15.2 Å². The molecule has 1 saturated heterocycles. The molecule has 0 bridgehead atoms. The average molecular weight is 509 g/mol. The smallest absolute Gasteiger partial charge is 0.332 e. The molecule has 3 aromatic rings. The van der Waals surface area contributed by atoms with Gasteiger partial charge in [0.1, 0.15) is 18.4 Å². The Kier molecular flexibility index (Phi) is 7.30. The van der Waals surface area contributed by atoms with E-state index in [1.54, 1.807) is 19.2 Å². The van der Waals surface area contributed by atoms with Crippen LogP contribution in [0.3, 0.4) is 0 Å². The van der Waals surface area contributed by atoms with E-state index < -0.39 is 11.2 Å². The van der Waals surface area contributed by atoms with E-state index in [1.165, 1.54) is 22.5 Å².